The third-order valence-corrected chi connectivity index (χ3v) is 3.56. The van der Waals surface area contributed by atoms with E-state index in [-0.39, 0.29) is 0 Å². The van der Waals surface area contributed by atoms with Gasteiger partial charge in [-0.25, -0.2) is 0 Å². The van der Waals surface area contributed by atoms with Crippen molar-refractivity contribution in [2.24, 2.45) is 17.3 Å². The number of hydrogen-bond donors (Lipinski definition) is 0. The van der Waals surface area contributed by atoms with E-state index in [2.05, 4.69) is 34.1 Å². The largest absolute Gasteiger partial charge is 0.0620 e. The van der Waals surface area contributed by atoms with Gasteiger partial charge in [0.15, 0.2) is 0 Å². The molecule has 2 atom stereocenters. The highest BCUT2D eigenvalue weighted by atomic mass is 14.4. The van der Waals surface area contributed by atoms with Crippen molar-refractivity contribution in [1.82, 2.24) is 0 Å². The molecule has 1 aliphatic rings. The van der Waals surface area contributed by atoms with Crippen LogP contribution in [0.5, 0.6) is 0 Å². The van der Waals surface area contributed by atoms with Crippen molar-refractivity contribution in [2.75, 3.05) is 0 Å². The van der Waals surface area contributed by atoms with Crippen LogP contribution in [0.3, 0.4) is 0 Å². The van der Waals surface area contributed by atoms with Crippen LogP contribution in [0.2, 0.25) is 0 Å². The van der Waals surface area contributed by atoms with E-state index < -0.39 is 0 Å². The molecular formula is C10H19. The monoisotopic (exact) mass is 139 g/mol. The fourth-order valence-electron chi connectivity index (χ4n) is 1.72. The first-order chi connectivity index (χ1) is 4.55. The van der Waals surface area contributed by atoms with Gasteiger partial charge >= 0.3 is 0 Å². The zero-order chi connectivity index (χ0) is 7.78. The summed E-state index contributed by atoms with van der Waals surface area (Å²) < 4.78 is 0. The molecule has 0 aromatic rings. The van der Waals surface area contributed by atoms with E-state index in [1.807, 2.05) is 0 Å². The molecule has 2 unspecified atom stereocenters. The Bertz CT molecular complexity index is 101. The van der Waals surface area contributed by atoms with Crippen molar-refractivity contribution in [3.8, 4) is 0 Å². The van der Waals surface area contributed by atoms with E-state index in [0.29, 0.717) is 5.41 Å². The second kappa shape index (κ2) is 2.56. The van der Waals surface area contributed by atoms with Crippen LogP contribution in [0.25, 0.3) is 0 Å². The van der Waals surface area contributed by atoms with Crippen LogP contribution in [0.1, 0.15) is 40.5 Å². The van der Waals surface area contributed by atoms with Crippen molar-refractivity contribution >= 4 is 0 Å². The average molecular weight is 139 g/mol. The molecule has 0 amide bonds. The lowest BCUT2D eigenvalue weighted by atomic mass is 9.64. The Morgan fingerprint density at radius 3 is 2.30 bits per heavy atom. The normalized spacial score (nSPS) is 39.6. The highest BCUT2D eigenvalue weighted by Gasteiger charge is 2.34. The summed E-state index contributed by atoms with van der Waals surface area (Å²) >= 11 is 0. The summed E-state index contributed by atoms with van der Waals surface area (Å²) in [5.41, 5.74) is 0.540. The third kappa shape index (κ3) is 1.21. The van der Waals surface area contributed by atoms with Gasteiger partial charge in [-0.2, -0.15) is 0 Å². The van der Waals surface area contributed by atoms with Crippen LogP contribution in [-0.4, -0.2) is 0 Å². The number of hydrogen-bond acceptors (Lipinski definition) is 0. The first-order valence-electron chi connectivity index (χ1n) is 4.38. The van der Waals surface area contributed by atoms with Gasteiger partial charge < -0.3 is 0 Å². The van der Waals surface area contributed by atoms with Crippen LogP contribution in [-0.2, 0) is 0 Å². The molecule has 0 aromatic heterocycles. The predicted molar refractivity (Wildman–Crippen MR) is 45.6 cm³/mol. The van der Waals surface area contributed by atoms with E-state index in [1.165, 1.54) is 12.8 Å². The maximum atomic E-state index is 2.47. The molecule has 0 aliphatic heterocycles. The Labute approximate surface area is 65.0 Å². The lowest BCUT2D eigenvalue weighted by Gasteiger charge is -2.42. The second-order valence-electron chi connectivity index (χ2n) is 4.32. The molecule has 1 aliphatic carbocycles. The Morgan fingerprint density at radius 2 is 1.90 bits per heavy atom. The van der Waals surface area contributed by atoms with Gasteiger partial charge in [-0.1, -0.05) is 27.7 Å². The second-order valence-corrected chi connectivity index (χ2v) is 4.32. The van der Waals surface area contributed by atoms with E-state index in [0.717, 1.165) is 11.8 Å². The smallest absolute Gasteiger partial charge is 0.0300 e. The molecule has 0 spiro atoms. The molecule has 59 valence electrons. The Kier molecular flexibility index (Phi) is 2.07. The van der Waals surface area contributed by atoms with Gasteiger partial charge in [0.1, 0.15) is 0 Å². The van der Waals surface area contributed by atoms with Crippen LogP contribution < -0.4 is 0 Å². The van der Waals surface area contributed by atoms with Crippen LogP contribution in [0.15, 0.2) is 0 Å². The molecule has 1 radical (unpaired) electrons. The molecule has 0 bridgehead atoms. The quantitative estimate of drug-likeness (QED) is 0.483. The SMILES string of the molecule is CC1[CH]CCC(C)C1(C)C. The highest BCUT2D eigenvalue weighted by molar-refractivity contribution is 4.93. The third-order valence-electron chi connectivity index (χ3n) is 3.56. The van der Waals surface area contributed by atoms with Crippen LogP contribution >= 0.6 is 0 Å². The van der Waals surface area contributed by atoms with E-state index in [1.54, 1.807) is 0 Å². The molecule has 1 saturated carbocycles. The Balaban J connectivity index is 2.63. The molecule has 0 heterocycles. The molecule has 0 heteroatoms. The molecule has 0 saturated heterocycles. The van der Waals surface area contributed by atoms with Crippen molar-refractivity contribution in [3.05, 3.63) is 6.42 Å². The average Bonchev–Trinajstić information content (AvgIpc) is 1.84. The lowest BCUT2D eigenvalue weighted by molar-refractivity contribution is 0.120. The fourth-order valence-corrected chi connectivity index (χ4v) is 1.72. The number of rotatable bonds is 0. The molecule has 1 rings (SSSR count). The first-order valence-corrected chi connectivity index (χ1v) is 4.38. The van der Waals surface area contributed by atoms with Gasteiger partial charge in [-0.15, -0.1) is 0 Å². The van der Waals surface area contributed by atoms with Crippen molar-refractivity contribution in [1.29, 1.82) is 0 Å². The summed E-state index contributed by atoms with van der Waals surface area (Å²) in [6.07, 6.45) is 5.18. The van der Waals surface area contributed by atoms with Gasteiger partial charge in [-0.05, 0) is 36.5 Å². The van der Waals surface area contributed by atoms with Gasteiger partial charge in [-0.3, -0.25) is 0 Å². The summed E-state index contributed by atoms with van der Waals surface area (Å²) in [6, 6.07) is 0. The molecule has 0 nitrogen and oxygen atoms in total. The van der Waals surface area contributed by atoms with Crippen molar-refractivity contribution in [2.45, 2.75) is 40.5 Å². The highest BCUT2D eigenvalue weighted by Crippen LogP contribution is 2.43. The van der Waals surface area contributed by atoms with Gasteiger partial charge in [0.05, 0.1) is 0 Å². The van der Waals surface area contributed by atoms with Crippen LogP contribution in [0, 0.1) is 23.7 Å². The van der Waals surface area contributed by atoms with E-state index in [9.17, 15) is 0 Å². The minimum atomic E-state index is 0.540. The zero-order valence-electron chi connectivity index (χ0n) is 7.65. The lowest BCUT2D eigenvalue weighted by Crippen LogP contribution is -2.33. The summed E-state index contributed by atoms with van der Waals surface area (Å²) in [5, 5.41) is 0. The van der Waals surface area contributed by atoms with Crippen molar-refractivity contribution in [3.63, 3.8) is 0 Å². The first kappa shape index (κ1) is 8.10. The van der Waals surface area contributed by atoms with Gasteiger partial charge in [0.25, 0.3) is 0 Å². The topological polar surface area (TPSA) is 0 Å². The fraction of sp³-hybridized carbons (Fsp3) is 0.900. The maximum Gasteiger partial charge on any atom is -0.0300 e. The minimum absolute atomic E-state index is 0.540. The van der Waals surface area contributed by atoms with Crippen LogP contribution in [0.4, 0.5) is 0 Å². The van der Waals surface area contributed by atoms with E-state index >= 15 is 0 Å². The minimum Gasteiger partial charge on any atom is -0.0620 e. The van der Waals surface area contributed by atoms with E-state index in [4.69, 9.17) is 0 Å². The summed E-state index contributed by atoms with van der Waals surface area (Å²) in [7, 11) is 0. The summed E-state index contributed by atoms with van der Waals surface area (Å²) in [4.78, 5) is 0. The van der Waals surface area contributed by atoms with Gasteiger partial charge in [0, 0.05) is 0 Å². The molecular weight excluding hydrogens is 120 g/mol. The standard InChI is InChI=1S/C10H19/c1-8-6-5-7-9(2)10(8,3)4/h6,8-9H,5,7H2,1-4H3. The zero-order valence-corrected chi connectivity index (χ0v) is 7.65. The molecule has 1 fully saturated rings. The molecule has 0 aromatic carbocycles. The molecule has 0 N–H and O–H groups in total. The maximum absolute atomic E-state index is 2.47. The molecule has 10 heavy (non-hydrogen) atoms. The summed E-state index contributed by atoms with van der Waals surface area (Å²) in [5.74, 6) is 1.70. The van der Waals surface area contributed by atoms with Crippen molar-refractivity contribution < 1.29 is 0 Å². The summed E-state index contributed by atoms with van der Waals surface area (Å²) in [6.45, 7) is 9.50. The Hall–Kier alpha value is 0. The van der Waals surface area contributed by atoms with Gasteiger partial charge in [0.2, 0.25) is 0 Å². The predicted octanol–water partition coefficient (Wildman–Crippen LogP) is 3.28. The Morgan fingerprint density at radius 1 is 1.30 bits per heavy atom.